The molecule has 7 heteroatoms. The number of halogens is 1. The van der Waals surface area contributed by atoms with Gasteiger partial charge in [-0.25, -0.2) is 17.5 Å². The van der Waals surface area contributed by atoms with Gasteiger partial charge < -0.3 is 0 Å². The molecule has 3 aromatic rings. The van der Waals surface area contributed by atoms with Crippen molar-refractivity contribution >= 4 is 9.84 Å². The summed E-state index contributed by atoms with van der Waals surface area (Å²) in [5, 5.41) is 4.24. The number of benzene rings is 2. The van der Waals surface area contributed by atoms with Gasteiger partial charge in [0.2, 0.25) is 0 Å². The highest BCUT2D eigenvalue weighted by Gasteiger charge is 2.17. The molecule has 28 heavy (non-hydrogen) atoms. The van der Waals surface area contributed by atoms with Gasteiger partial charge in [-0.15, -0.1) is 6.58 Å². The third-order valence-electron chi connectivity index (χ3n) is 4.46. The first-order valence-corrected chi connectivity index (χ1v) is 10.4. The highest BCUT2D eigenvalue weighted by atomic mass is 32.2. The average Bonchev–Trinajstić information content (AvgIpc) is 2.67. The highest BCUT2D eigenvalue weighted by Crippen LogP contribution is 2.30. The van der Waals surface area contributed by atoms with Crippen LogP contribution in [0.1, 0.15) is 13.0 Å². The van der Waals surface area contributed by atoms with E-state index < -0.39 is 15.7 Å². The Kier molecular flexibility index (Phi) is 5.29. The van der Waals surface area contributed by atoms with Crippen molar-refractivity contribution in [3.05, 3.63) is 83.6 Å². The van der Waals surface area contributed by atoms with Crippen LogP contribution in [-0.2, 0) is 9.84 Å². The third-order valence-corrected chi connectivity index (χ3v) is 5.58. The lowest BCUT2D eigenvalue weighted by molar-refractivity contribution is 0.548. The second-order valence-electron chi connectivity index (χ2n) is 6.46. The minimum Gasteiger partial charge on any atom is -0.267 e. The van der Waals surface area contributed by atoms with E-state index in [1.807, 2.05) is 0 Å². The van der Waals surface area contributed by atoms with E-state index >= 15 is 0 Å². The van der Waals surface area contributed by atoms with E-state index in [2.05, 4.69) is 11.7 Å². The van der Waals surface area contributed by atoms with Crippen LogP contribution < -0.4 is 5.56 Å². The summed E-state index contributed by atoms with van der Waals surface area (Å²) in [6.45, 7) is 5.49. The zero-order chi connectivity index (χ0) is 20.5. The van der Waals surface area contributed by atoms with Crippen molar-refractivity contribution in [2.75, 3.05) is 6.26 Å². The molecule has 1 atom stereocenters. The lowest BCUT2D eigenvalue weighted by atomic mass is 9.97. The fraction of sp³-hybridized carbons (Fsp3) is 0.143. The van der Waals surface area contributed by atoms with E-state index in [0.717, 1.165) is 6.26 Å². The van der Waals surface area contributed by atoms with Crippen LogP contribution >= 0.6 is 0 Å². The van der Waals surface area contributed by atoms with Gasteiger partial charge in [0.15, 0.2) is 9.84 Å². The van der Waals surface area contributed by atoms with Crippen molar-refractivity contribution < 1.29 is 12.8 Å². The topological polar surface area (TPSA) is 69.0 Å². The third kappa shape index (κ3) is 3.80. The van der Waals surface area contributed by atoms with Crippen molar-refractivity contribution in [1.82, 2.24) is 9.78 Å². The number of sulfone groups is 1. The minimum absolute atomic E-state index is 0.182. The zero-order valence-corrected chi connectivity index (χ0v) is 16.3. The molecule has 1 aromatic heterocycles. The van der Waals surface area contributed by atoms with Crippen molar-refractivity contribution in [2.24, 2.45) is 0 Å². The molecule has 0 spiro atoms. The molecule has 0 amide bonds. The van der Waals surface area contributed by atoms with E-state index in [1.54, 1.807) is 31.3 Å². The van der Waals surface area contributed by atoms with E-state index in [1.165, 1.54) is 41.1 Å². The van der Waals surface area contributed by atoms with Crippen LogP contribution in [0.25, 0.3) is 22.3 Å². The Morgan fingerprint density at radius 2 is 1.64 bits per heavy atom. The largest absolute Gasteiger partial charge is 0.275 e. The molecular formula is C21H19FN2O3S. The van der Waals surface area contributed by atoms with Crippen LogP contribution in [0, 0.1) is 5.82 Å². The summed E-state index contributed by atoms with van der Waals surface area (Å²) in [6, 6.07) is 11.5. The number of hydrogen-bond donors (Lipinski definition) is 0. The number of allylic oxidation sites excluding steroid dienone is 1. The minimum atomic E-state index is -3.33. The lowest BCUT2D eigenvalue weighted by Crippen LogP contribution is -2.26. The SMILES string of the molecule is C=CC(C)n1ncc(-c2ccc(S(C)(=O)=O)cc2)c(-c2ccc(F)cc2)c1=O. The molecule has 1 heterocycles. The molecule has 2 aromatic carbocycles. The molecule has 1 unspecified atom stereocenters. The maximum Gasteiger partial charge on any atom is 0.275 e. The molecule has 0 N–H and O–H groups in total. The maximum absolute atomic E-state index is 13.4. The normalized spacial score (nSPS) is 12.5. The van der Waals surface area contributed by atoms with Crippen LogP contribution in [0.2, 0.25) is 0 Å². The number of hydrogen-bond acceptors (Lipinski definition) is 4. The molecule has 0 aliphatic carbocycles. The number of rotatable bonds is 5. The zero-order valence-electron chi connectivity index (χ0n) is 15.5. The molecule has 0 saturated heterocycles. The van der Waals surface area contributed by atoms with E-state index in [4.69, 9.17) is 0 Å². The summed E-state index contributed by atoms with van der Waals surface area (Å²) in [5.41, 5.74) is 1.72. The lowest BCUT2D eigenvalue weighted by Gasteiger charge is -2.15. The predicted molar refractivity (Wildman–Crippen MR) is 107 cm³/mol. The first-order valence-electron chi connectivity index (χ1n) is 8.53. The van der Waals surface area contributed by atoms with Crippen molar-refractivity contribution in [3.8, 4) is 22.3 Å². The monoisotopic (exact) mass is 398 g/mol. The Labute approximate surface area is 162 Å². The van der Waals surface area contributed by atoms with Crippen LogP contribution in [0.4, 0.5) is 4.39 Å². The van der Waals surface area contributed by atoms with E-state index in [-0.39, 0.29) is 16.5 Å². The van der Waals surface area contributed by atoms with Gasteiger partial charge in [0.25, 0.3) is 5.56 Å². The van der Waals surface area contributed by atoms with Crippen molar-refractivity contribution in [2.45, 2.75) is 17.9 Å². The van der Waals surface area contributed by atoms with Gasteiger partial charge in [-0.3, -0.25) is 4.79 Å². The summed E-state index contributed by atoms with van der Waals surface area (Å²) in [5.74, 6) is -0.406. The molecule has 0 saturated carbocycles. The second-order valence-corrected chi connectivity index (χ2v) is 8.48. The number of nitrogens with zero attached hydrogens (tertiary/aromatic N) is 2. The summed E-state index contributed by atoms with van der Waals surface area (Å²) in [6.07, 6.45) is 4.28. The first-order chi connectivity index (χ1) is 13.2. The molecule has 0 radical (unpaired) electrons. The first kappa shape index (κ1) is 19.7. The van der Waals surface area contributed by atoms with Crippen LogP contribution in [0.15, 0.2) is 77.1 Å². The Bertz CT molecular complexity index is 1180. The predicted octanol–water partition coefficient (Wildman–Crippen LogP) is 3.87. The van der Waals surface area contributed by atoms with Crippen LogP contribution in [0.5, 0.6) is 0 Å². The fourth-order valence-corrected chi connectivity index (χ4v) is 3.48. The summed E-state index contributed by atoms with van der Waals surface area (Å²) >= 11 is 0. The van der Waals surface area contributed by atoms with Crippen molar-refractivity contribution in [1.29, 1.82) is 0 Å². The van der Waals surface area contributed by atoms with Gasteiger partial charge in [-0.1, -0.05) is 30.3 Å². The Hall–Kier alpha value is -3.06. The van der Waals surface area contributed by atoms with Crippen LogP contribution in [-0.4, -0.2) is 24.5 Å². The number of aromatic nitrogens is 2. The van der Waals surface area contributed by atoms with Gasteiger partial charge in [0.1, 0.15) is 5.82 Å². The van der Waals surface area contributed by atoms with Gasteiger partial charge in [-0.2, -0.15) is 5.10 Å². The van der Waals surface area contributed by atoms with Crippen LogP contribution in [0.3, 0.4) is 0 Å². The van der Waals surface area contributed by atoms with E-state index in [0.29, 0.717) is 22.3 Å². The van der Waals surface area contributed by atoms with Gasteiger partial charge >= 0.3 is 0 Å². The Morgan fingerprint density at radius 1 is 1.07 bits per heavy atom. The molecule has 0 bridgehead atoms. The summed E-state index contributed by atoms with van der Waals surface area (Å²) < 4.78 is 38.1. The highest BCUT2D eigenvalue weighted by molar-refractivity contribution is 7.90. The van der Waals surface area contributed by atoms with Crippen molar-refractivity contribution in [3.63, 3.8) is 0 Å². The fourth-order valence-electron chi connectivity index (χ4n) is 2.85. The van der Waals surface area contributed by atoms with Gasteiger partial charge in [0, 0.05) is 11.8 Å². The molecular weight excluding hydrogens is 379 g/mol. The maximum atomic E-state index is 13.4. The van der Waals surface area contributed by atoms with Gasteiger partial charge in [-0.05, 0) is 42.3 Å². The van der Waals surface area contributed by atoms with Gasteiger partial charge in [0.05, 0.1) is 22.7 Å². The molecule has 0 aliphatic rings. The molecule has 0 fully saturated rings. The molecule has 144 valence electrons. The molecule has 0 aliphatic heterocycles. The summed E-state index contributed by atoms with van der Waals surface area (Å²) in [7, 11) is -3.33. The Balaban J connectivity index is 2.26. The van der Waals surface area contributed by atoms with E-state index in [9.17, 15) is 17.6 Å². The average molecular weight is 398 g/mol. The molecule has 5 nitrogen and oxygen atoms in total. The molecule has 3 rings (SSSR count). The standard InChI is InChI=1S/C21H19FN2O3S/c1-4-14(2)24-21(25)20(16-5-9-17(22)10-6-16)19(13-23-24)15-7-11-18(12-8-15)28(3,26)27/h4-14H,1H2,2-3H3. The smallest absolute Gasteiger partial charge is 0.267 e. The Morgan fingerprint density at radius 3 is 2.18 bits per heavy atom. The summed E-state index contributed by atoms with van der Waals surface area (Å²) in [4.78, 5) is 13.3. The second kappa shape index (κ2) is 7.52. The quantitative estimate of drug-likeness (QED) is 0.612.